The number of hydrogen-bond acceptors (Lipinski definition) is 2. The highest BCUT2D eigenvalue weighted by atomic mass is 19.3. The molecule has 0 saturated carbocycles. The van der Waals surface area contributed by atoms with Gasteiger partial charge >= 0.3 is 6.61 Å². The fourth-order valence-corrected chi connectivity index (χ4v) is 2.25. The molecule has 0 atom stereocenters. The topological polar surface area (TPSA) is 38.3 Å². The Morgan fingerprint density at radius 1 is 1.12 bits per heavy atom. The predicted octanol–water partition coefficient (Wildman–Crippen LogP) is 5.28. The van der Waals surface area contributed by atoms with Crippen LogP contribution in [0.15, 0.2) is 54.6 Å². The minimum atomic E-state index is -2.85. The molecule has 0 aliphatic rings. The Kier molecular flexibility index (Phi) is 7.14. The minimum absolute atomic E-state index is 0.0831. The Labute approximate surface area is 146 Å². The van der Waals surface area contributed by atoms with Gasteiger partial charge in [-0.25, -0.2) is 0 Å². The number of aryl methyl sites for hydroxylation is 1. The lowest BCUT2D eigenvalue weighted by atomic mass is 10.1. The van der Waals surface area contributed by atoms with E-state index in [9.17, 15) is 13.6 Å². The summed E-state index contributed by atoms with van der Waals surface area (Å²) in [5.41, 5.74) is 2.70. The van der Waals surface area contributed by atoms with E-state index in [0.29, 0.717) is 5.56 Å². The molecule has 0 spiro atoms. The van der Waals surface area contributed by atoms with Crippen LogP contribution in [0.2, 0.25) is 0 Å². The molecular weight excluding hydrogens is 324 g/mol. The van der Waals surface area contributed by atoms with Crippen molar-refractivity contribution in [3.05, 3.63) is 65.7 Å². The van der Waals surface area contributed by atoms with Gasteiger partial charge in [0.15, 0.2) is 0 Å². The Bertz CT molecular complexity index is 695. The predicted molar refractivity (Wildman–Crippen MR) is 95.8 cm³/mol. The lowest BCUT2D eigenvalue weighted by molar-refractivity contribution is -0.111. The lowest BCUT2D eigenvalue weighted by Gasteiger charge is -2.05. The van der Waals surface area contributed by atoms with Gasteiger partial charge in [-0.05, 0) is 54.3 Å². The molecule has 2 rings (SSSR count). The molecule has 132 valence electrons. The van der Waals surface area contributed by atoms with Crippen molar-refractivity contribution < 1.29 is 18.3 Å². The molecule has 0 saturated heterocycles. The van der Waals surface area contributed by atoms with E-state index in [1.54, 1.807) is 18.2 Å². The number of unbranched alkanes of at least 4 members (excludes halogenated alkanes) is 1. The van der Waals surface area contributed by atoms with Gasteiger partial charge in [-0.3, -0.25) is 4.79 Å². The molecule has 1 N–H and O–H groups in total. The van der Waals surface area contributed by atoms with Crippen LogP contribution in [0.4, 0.5) is 14.5 Å². The van der Waals surface area contributed by atoms with Crippen LogP contribution < -0.4 is 10.1 Å². The maximum Gasteiger partial charge on any atom is 0.387 e. The standard InChI is InChI=1S/C20H21F2NO2/c1-2-3-4-15-5-10-17(11-6-15)23-19(24)14-9-16-7-12-18(13-8-16)25-20(21)22/h5-14,20H,2-4H2,1H3,(H,23,24). The number of benzene rings is 2. The maximum atomic E-state index is 12.1. The molecule has 0 fully saturated rings. The van der Waals surface area contributed by atoms with Crippen molar-refractivity contribution in [3.8, 4) is 5.75 Å². The molecule has 0 radical (unpaired) electrons. The molecule has 3 nitrogen and oxygen atoms in total. The number of halogens is 2. The van der Waals surface area contributed by atoms with Gasteiger partial charge in [0.05, 0.1) is 0 Å². The van der Waals surface area contributed by atoms with Crippen molar-refractivity contribution >= 4 is 17.7 Å². The Morgan fingerprint density at radius 2 is 1.80 bits per heavy atom. The van der Waals surface area contributed by atoms with Crippen LogP contribution in [0.1, 0.15) is 30.9 Å². The Balaban J connectivity index is 1.87. The van der Waals surface area contributed by atoms with Crippen LogP contribution in [0.3, 0.4) is 0 Å². The highest BCUT2D eigenvalue weighted by Crippen LogP contribution is 2.16. The van der Waals surface area contributed by atoms with E-state index >= 15 is 0 Å². The number of anilines is 1. The summed E-state index contributed by atoms with van der Waals surface area (Å²) in [6.07, 6.45) is 6.34. The second-order valence-corrected chi connectivity index (χ2v) is 5.57. The van der Waals surface area contributed by atoms with Crippen LogP contribution in [0.25, 0.3) is 6.08 Å². The second-order valence-electron chi connectivity index (χ2n) is 5.57. The van der Waals surface area contributed by atoms with Crippen molar-refractivity contribution in [2.45, 2.75) is 32.8 Å². The molecule has 2 aromatic rings. The van der Waals surface area contributed by atoms with Gasteiger partial charge in [0.25, 0.3) is 0 Å². The zero-order valence-corrected chi connectivity index (χ0v) is 14.0. The third kappa shape index (κ3) is 6.75. The number of carbonyl (C=O) groups is 1. The molecule has 5 heteroatoms. The lowest BCUT2D eigenvalue weighted by Crippen LogP contribution is -2.07. The van der Waals surface area contributed by atoms with Crippen LogP contribution in [0, 0.1) is 0 Å². The van der Waals surface area contributed by atoms with Crippen LogP contribution in [0.5, 0.6) is 5.75 Å². The monoisotopic (exact) mass is 345 g/mol. The smallest absolute Gasteiger partial charge is 0.387 e. The fraction of sp³-hybridized carbons (Fsp3) is 0.250. The molecule has 0 aliphatic heterocycles. The molecule has 0 unspecified atom stereocenters. The summed E-state index contributed by atoms with van der Waals surface area (Å²) in [6.45, 7) is -0.694. The first-order chi connectivity index (χ1) is 12.1. The average molecular weight is 345 g/mol. The number of rotatable bonds is 8. The number of amides is 1. The van der Waals surface area contributed by atoms with E-state index in [-0.39, 0.29) is 11.7 Å². The minimum Gasteiger partial charge on any atom is -0.435 e. The summed E-state index contributed by atoms with van der Waals surface area (Å²) < 4.78 is 28.4. The highest BCUT2D eigenvalue weighted by molar-refractivity contribution is 6.01. The summed E-state index contributed by atoms with van der Waals surface area (Å²) in [5, 5.41) is 2.78. The van der Waals surface area contributed by atoms with Gasteiger partial charge in [0.2, 0.25) is 5.91 Å². The zero-order chi connectivity index (χ0) is 18.1. The second kappa shape index (κ2) is 9.57. The number of nitrogens with one attached hydrogen (secondary N) is 1. The van der Waals surface area contributed by atoms with E-state index in [1.165, 1.54) is 23.8 Å². The number of alkyl halides is 2. The first-order valence-electron chi connectivity index (χ1n) is 8.19. The van der Waals surface area contributed by atoms with Crippen LogP contribution in [-0.4, -0.2) is 12.5 Å². The molecule has 0 bridgehead atoms. The quantitative estimate of drug-likeness (QED) is 0.661. The molecule has 2 aromatic carbocycles. The Morgan fingerprint density at radius 3 is 2.40 bits per heavy atom. The molecule has 25 heavy (non-hydrogen) atoms. The number of hydrogen-bond donors (Lipinski definition) is 1. The molecule has 0 aromatic heterocycles. The summed E-state index contributed by atoms with van der Waals surface area (Å²) in [4.78, 5) is 11.9. The van der Waals surface area contributed by atoms with Crippen molar-refractivity contribution in [1.82, 2.24) is 0 Å². The largest absolute Gasteiger partial charge is 0.435 e. The van der Waals surface area contributed by atoms with Crippen molar-refractivity contribution in [3.63, 3.8) is 0 Å². The Hall–Kier alpha value is -2.69. The van der Waals surface area contributed by atoms with E-state index in [0.717, 1.165) is 24.9 Å². The van der Waals surface area contributed by atoms with Crippen molar-refractivity contribution in [2.24, 2.45) is 0 Å². The van der Waals surface area contributed by atoms with Crippen LogP contribution in [-0.2, 0) is 11.2 Å². The van der Waals surface area contributed by atoms with Gasteiger partial charge in [-0.1, -0.05) is 37.6 Å². The first-order valence-corrected chi connectivity index (χ1v) is 8.19. The molecular formula is C20H21F2NO2. The highest BCUT2D eigenvalue weighted by Gasteiger charge is 2.03. The van der Waals surface area contributed by atoms with Crippen molar-refractivity contribution in [1.29, 1.82) is 0 Å². The summed E-state index contributed by atoms with van der Waals surface area (Å²) in [7, 11) is 0. The summed E-state index contributed by atoms with van der Waals surface area (Å²) in [6, 6.07) is 13.8. The number of ether oxygens (including phenoxy) is 1. The maximum absolute atomic E-state index is 12.1. The first kappa shape index (κ1) is 18.6. The van der Waals surface area contributed by atoms with E-state index in [1.807, 2.05) is 24.3 Å². The van der Waals surface area contributed by atoms with Gasteiger partial charge in [-0.15, -0.1) is 0 Å². The molecule has 1 amide bonds. The van der Waals surface area contributed by atoms with E-state index < -0.39 is 6.61 Å². The zero-order valence-electron chi connectivity index (χ0n) is 14.0. The number of carbonyl (C=O) groups excluding carboxylic acids is 1. The van der Waals surface area contributed by atoms with E-state index in [4.69, 9.17) is 0 Å². The van der Waals surface area contributed by atoms with Gasteiger partial charge < -0.3 is 10.1 Å². The third-order valence-electron chi connectivity index (χ3n) is 3.57. The van der Waals surface area contributed by atoms with Gasteiger partial charge in [-0.2, -0.15) is 8.78 Å². The average Bonchev–Trinajstić information content (AvgIpc) is 2.60. The normalized spacial score (nSPS) is 11.0. The van der Waals surface area contributed by atoms with E-state index in [2.05, 4.69) is 17.0 Å². The van der Waals surface area contributed by atoms with Gasteiger partial charge in [0, 0.05) is 11.8 Å². The summed E-state index contributed by atoms with van der Waals surface area (Å²) in [5.74, 6) is -0.172. The van der Waals surface area contributed by atoms with Crippen molar-refractivity contribution in [2.75, 3.05) is 5.32 Å². The summed E-state index contributed by atoms with van der Waals surface area (Å²) >= 11 is 0. The SMILES string of the molecule is CCCCc1ccc(NC(=O)C=Cc2ccc(OC(F)F)cc2)cc1. The fourth-order valence-electron chi connectivity index (χ4n) is 2.25. The molecule has 0 aliphatic carbocycles. The third-order valence-corrected chi connectivity index (χ3v) is 3.57. The van der Waals surface area contributed by atoms with Gasteiger partial charge in [0.1, 0.15) is 5.75 Å². The molecule has 0 heterocycles. The van der Waals surface area contributed by atoms with Crippen LogP contribution >= 0.6 is 0 Å².